The minimum Gasteiger partial charge on any atom is -0.336 e. The molecule has 110 valence electrons. The molecule has 1 amide bonds. The van der Waals surface area contributed by atoms with E-state index in [2.05, 4.69) is 30.1 Å². The van der Waals surface area contributed by atoms with Gasteiger partial charge in [0.25, 0.3) is 5.91 Å². The number of carbonyl (C=O) groups is 1. The lowest BCUT2D eigenvalue weighted by Crippen LogP contribution is -2.44. The Morgan fingerprint density at radius 1 is 1.30 bits per heavy atom. The summed E-state index contributed by atoms with van der Waals surface area (Å²) in [4.78, 5) is 14.8. The van der Waals surface area contributed by atoms with Crippen molar-refractivity contribution >= 4 is 5.91 Å². The first-order valence-corrected chi connectivity index (χ1v) is 7.66. The first-order valence-electron chi connectivity index (χ1n) is 7.66. The van der Waals surface area contributed by atoms with Crippen molar-refractivity contribution in [3.8, 4) is 0 Å². The Bertz CT molecular complexity index is 470. The van der Waals surface area contributed by atoms with Crippen molar-refractivity contribution < 1.29 is 4.79 Å². The fourth-order valence-electron chi connectivity index (χ4n) is 2.92. The number of likely N-dealkylation sites (tertiary alicyclic amines) is 1. The highest BCUT2D eigenvalue weighted by molar-refractivity contribution is 5.94. The number of rotatable bonds is 4. The van der Waals surface area contributed by atoms with E-state index in [0.717, 1.165) is 37.9 Å². The number of piperidine rings is 1. The van der Waals surface area contributed by atoms with Crippen LogP contribution in [0.25, 0.3) is 0 Å². The van der Waals surface area contributed by atoms with Crippen LogP contribution in [0.5, 0.6) is 0 Å². The molecule has 1 saturated heterocycles. The smallest absolute Gasteiger partial charge is 0.254 e. The third-order valence-corrected chi connectivity index (χ3v) is 4.37. The zero-order valence-electron chi connectivity index (χ0n) is 12.9. The van der Waals surface area contributed by atoms with E-state index in [-0.39, 0.29) is 5.91 Å². The van der Waals surface area contributed by atoms with Gasteiger partial charge in [-0.3, -0.25) is 4.79 Å². The van der Waals surface area contributed by atoms with Crippen LogP contribution in [-0.4, -0.2) is 37.0 Å². The Balaban J connectivity index is 2.14. The van der Waals surface area contributed by atoms with Gasteiger partial charge in [0.15, 0.2) is 0 Å². The quantitative estimate of drug-likeness (QED) is 0.915. The predicted octanol–water partition coefficient (Wildman–Crippen LogP) is 2.91. The topological polar surface area (TPSA) is 32.3 Å². The highest BCUT2D eigenvalue weighted by Gasteiger charge is 2.27. The molecular formula is C17H26N2O. The molecular weight excluding hydrogens is 248 g/mol. The average molecular weight is 274 g/mol. The van der Waals surface area contributed by atoms with Gasteiger partial charge in [0.1, 0.15) is 0 Å². The van der Waals surface area contributed by atoms with E-state index < -0.39 is 0 Å². The predicted molar refractivity (Wildman–Crippen MR) is 83.1 cm³/mol. The molecule has 0 radical (unpaired) electrons. The lowest BCUT2D eigenvalue weighted by Gasteiger charge is -2.36. The van der Waals surface area contributed by atoms with Crippen molar-refractivity contribution in [1.82, 2.24) is 10.2 Å². The Morgan fingerprint density at radius 3 is 2.80 bits per heavy atom. The summed E-state index contributed by atoms with van der Waals surface area (Å²) in [7, 11) is 1.97. The Kier molecular flexibility index (Phi) is 5.18. The Hall–Kier alpha value is -1.35. The number of hydrogen-bond acceptors (Lipinski definition) is 2. The van der Waals surface area contributed by atoms with Crippen LogP contribution in [0.3, 0.4) is 0 Å². The fourth-order valence-corrected chi connectivity index (χ4v) is 2.92. The number of nitrogens with one attached hydrogen (secondary N) is 1. The highest BCUT2D eigenvalue weighted by Crippen LogP contribution is 2.22. The van der Waals surface area contributed by atoms with Gasteiger partial charge >= 0.3 is 0 Å². The molecule has 1 heterocycles. The summed E-state index contributed by atoms with van der Waals surface area (Å²) in [5.41, 5.74) is 3.27. The third-order valence-electron chi connectivity index (χ3n) is 4.37. The van der Waals surface area contributed by atoms with E-state index in [1.165, 1.54) is 17.5 Å². The van der Waals surface area contributed by atoms with Crippen molar-refractivity contribution in [2.45, 2.75) is 45.6 Å². The van der Waals surface area contributed by atoms with Crippen molar-refractivity contribution in [2.75, 3.05) is 20.1 Å². The van der Waals surface area contributed by atoms with Crippen LogP contribution < -0.4 is 5.32 Å². The van der Waals surface area contributed by atoms with Crippen molar-refractivity contribution in [3.63, 3.8) is 0 Å². The number of aryl methyl sites for hydroxylation is 2. The summed E-state index contributed by atoms with van der Waals surface area (Å²) >= 11 is 0. The number of benzene rings is 1. The van der Waals surface area contributed by atoms with Crippen molar-refractivity contribution in [3.05, 3.63) is 34.9 Å². The van der Waals surface area contributed by atoms with Gasteiger partial charge in [0, 0.05) is 18.2 Å². The molecule has 1 N–H and O–H groups in total. The first kappa shape index (κ1) is 15.0. The molecule has 1 aliphatic rings. The van der Waals surface area contributed by atoms with Crippen LogP contribution in [-0.2, 0) is 0 Å². The minimum atomic E-state index is 0.203. The van der Waals surface area contributed by atoms with Crippen LogP contribution in [0.2, 0.25) is 0 Å². The van der Waals surface area contributed by atoms with Crippen LogP contribution >= 0.6 is 0 Å². The molecule has 0 bridgehead atoms. The summed E-state index contributed by atoms with van der Waals surface area (Å²) in [6, 6.07) is 6.44. The molecule has 0 spiro atoms. The molecule has 1 aromatic rings. The second kappa shape index (κ2) is 6.89. The van der Waals surface area contributed by atoms with E-state index in [0.29, 0.717) is 6.04 Å². The number of carbonyl (C=O) groups excluding carboxylic acids is 1. The van der Waals surface area contributed by atoms with E-state index in [1.807, 2.05) is 19.2 Å². The van der Waals surface area contributed by atoms with Crippen LogP contribution in [0.1, 0.15) is 47.2 Å². The van der Waals surface area contributed by atoms with Gasteiger partial charge in [0.2, 0.25) is 0 Å². The van der Waals surface area contributed by atoms with E-state index in [9.17, 15) is 4.79 Å². The van der Waals surface area contributed by atoms with E-state index in [4.69, 9.17) is 0 Å². The van der Waals surface area contributed by atoms with Gasteiger partial charge in [-0.1, -0.05) is 6.07 Å². The summed E-state index contributed by atoms with van der Waals surface area (Å²) < 4.78 is 0. The third kappa shape index (κ3) is 3.40. The monoisotopic (exact) mass is 274 g/mol. The summed E-state index contributed by atoms with van der Waals surface area (Å²) in [6.45, 7) is 6.03. The van der Waals surface area contributed by atoms with E-state index >= 15 is 0 Å². The largest absolute Gasteiger partial charge is 0.336 e. The zero-order chi connectivity index (χ0) is 14.5. The van der Waals surface area contributed by atoms with Gasteiger partial charge < -0.3 is 10.2 Å². The first-order chi connectivity index (χ1) is 9.63. The highest BCUT2D eigenvalue weighted by atomic mass is 16.2. The van der Waals surface area contributed by atoms with Crippen LogP contribution in [0, 0.1) is 13.8 Å². The molecule has 3 heteroatoms. The molecule has 1 aliphatic heterocycles. The number of amides is 1. The second-order valence-corrected chi connectivity index (χ2v) is 5.84. The standard InChI is InChI=1S/C17H26N2O/c1-13-7-8-15(12-14(13)2)17(20)19-11-5-4-6-16(19)9-10-18-3/h7-8,12,16,18H,4-6,9-11H2,1-3H3. The summed E-state index contributed by atoms with van der Waals surface area (Å²) in [5.74, 6) is 0.203. The fraction of sp³-hybridized carbons (Fsp3) is 0.588. The molecule has 1 fully saturated rings. The maximum Gasteiger partial charge on any atom is 0.254 e. The Morgan fingerprint density at radius 2 is 2.10 bits per heavy atom. The number of hydrogen-bond donors (Lipinski definition) is 1. The van der Waals surface area contributed by atoms with Crippen molar-refractivity contribution in [1.29, 1.82) is 0 Å². The molecule has 0 aromatic heterocycles. The van der Waals surface area contributed by atoms with Crippen LogP contribution in [0.15, 0.2) is 18.2 Å². The molecule has 0 saturated carbocycles. The Labute approximate surface area is 122 Å². The normalized spacial score (nSPS) is 19.1. The number of nitrogens with zero attached hydrogens (tertiary/aromatic N) is 1. The molecule has 0 aliphatic carbocycles. The van der Waals surface area contributed by atoms with Gasteiger partial charge in [-0.15, -0.1) is 0 Å². The van der Waals surface area contributed by atoms with Gasteiger partial charge in [-0.2, -0.15) is 0 Å². The molecule has 1 aromatic carbocycles. The lowest BCUT2D eigenvalue weighted by molar-refractivity contribution is 0.0602. The average Bonchev–Trinajstić information content (AvgIpc) is 2.47. The van der Waals surface area contributed by atoms with Crippen LogP contribution in [0.4, 0.5) is 0 Å². The second-order valence-electron chi connectivity index (χ2n) is 5.84. The molecule has 20 heavy (non-hydrogen) atoms. The van der Waals surface area contributed by atoms with Gasteiger partial charge in [-0.05, 0) is 76.4 Å². The summed E-state index contributed by atoms with van der Waals surface area (Å²) in [6.07, 6.45) is 4.56. The molecule has 1 atom stereocenters. The van der Waals surface area contributed by atoms with Gasteiger partial charge in [-0.25, -0.2) is 0 Å². The zero-order valence-corrected chi connectivity index (χ0v) is 12.9. The minimum absolute atomic E-state index is 0.203. The SMILES string of the molecule is CNCCC1CCCCN1C(=O)c1ccc(C)c(C)c1. The van der Waals surface area contributed by atoms with Crippen molar-refractivity contribution in [2.24, 2.45) is 0 Å². The maximum absolute atomic E-state index is 12.7. The summed E-state index contributed by atoms with van der Waals surface area (Å²) in [5, 5.41) is 3.19. The molecule has 2 rings (SSSR count). The maximum atomic E-state index is 12.7. The molecule has 3 nitrogen and oxygen atoms in total. The van der Waals surface area contributed by atoms with E-state index in [1.54, 1.807) is 0 Å². The lowest BCUT2D eigenvalue weighted by atomic mass is 9.97. The molecule has 1 unspecified atom stereocenters. The van der Waals surface area contributed by atoms with Gasteiger partial charge in [0.05, 0.1) is 0 Å².